The van der Waals surface area contributed by atoms with Crippen molar-refractivity contribution in [3.63, 3.8) is 0 Å². The van der Waals surface area contributed by atoms with Crippen molar-refractivity contribution in [2.75, 3.05) is 32.8 Å². The predicted octanol–water partition coefficient (Wildman–Crippen LogP) is 0.349. The van der Waals surface area contributed by atoms with E-state index in [1.54, 1.807) is 0 Å². The van der Waals surface area contributed by atoms with Crippen molar-refractivity contribution in [1.82, 2.24) is 25.3 Å². The lowest BCUT2D eigenvalue weighted by atomic mass is 10.2. The Morgan fingerprint density at radius 3 is 3.12 bits per heavy atom. The van der Waals surface area contributed by atoms with Crippen molar-refractivity contribution in [3.05, 3.63) is 17.5 Å². The number of aryl methyl sites for hydroxylation is 1. The van der Waals surface area contributed by atoms with Gasteiger partial charge in [-0.05, 0) is 18.4 Å². The Balaban J connectivity index is 1.55. The van der Waals surface area contributed by atoms with E-state index in [0.29, 0.717) is 25.6 Å². The number of hydrogen-bond donors (Lipinski definition) is 2. The predicted molar refractivity (Wildman–Crippen MR) is 91.4 cm³/mol. The first-order valence-corrected chi connectivity index (χ1v) is 9.00. The molecule has 0 spiro atoms. The topological polar surface area (TPSA) is 71.4 Å². The van der Waals surface area contributed by atoms with Gasteiger partial charge in [-0.3, -0.25) is 14.4 Å². The SMILES string of the molecule is CC(C)CN1CCCn2nc(CNC(=O)C3CNCCO3)cc2C1. The number of nitrogens with one attached hydrogen (secondary N) is 2. The van der Waals surface area contributed by atoms with Crippen molar-refractivity contribution in [1.29, 1.82) is 0 Å². The van der Waals surface area contributed by atoms with E-state index in [2.05, 4.69) is 45.2 Å². The summed E-state index contributed by atoms with van der Waals surface area (Å²) >= 11 is 0. The van der Waals surface area contributed by atoms with E-state index in [0.717, 1.165) is 44.8 Å². The Bertz CT molecular complexity index is 551. The van der Waals surface area contributed by atoms with Crippen LogP contribution in [0.25, 0.3) is 0 Å². The Hall–Kier alpha value is -1.44. The normalized spacial score (nSPS) is 22.2. The molecule has 3 rings (SSSR count). The number of hydrogen-bond acceptors (Lipinski definition) is 5. The maximum atomic E-state index is 12.1. The molecule has 1 fully saturated rings. The van der Waals surface area contributed by atoms with Gasteiger partial charge in [0.1, 0.15) is 6.10 Å². The number of aromatic nitrogens is 2. The van der Waals surface area contributed by atoms with Gasteiger partial charge in [-0.1, -0.05) is 13.8 Å². The van der Waals surface area contributed by atoms with Crippen molar-refractivity contribution in [3.8, 4) is 0 Å². The summed E-state index contributed by atoms with van der Waals surface area (Å²) in [7, 11) is 0. The number of rotatable bonds is 5. The van der Waals surface area contributed by atoms with Crippen molar-refractivity contribution >= 4 is 5.91 Å². The van der Waals surface area contributed by atoms with Gasteiger partial charge in [0.2, 0.25) is 0 Å². The molecule has 0 bridgehead atoms. The van der Waals surface area contributed by atoms with Crippen LogP contribution in [0.2, 0.25) is 0 Å². The van der Waals surface area contributed by atoms with Gasteiger partial charge in [0.05, 0.1) is 24.5 Å². The van der Waals surface area contributed by atoms with E-state index in [1.165, 1.54) is 5.69 Å². The maximum absolute atomic E-state index is 12.1. The molecule has 0 aliphatic carbocycles. The lowest BCUT2D eigenvalue weighted by molar-refractivity contribution is -0.134. The molecule has 2 N–H and O–H groups in total. The minimum atomic E-state index is -0.388. The molecule has 7 heteroatoms. The lowest BCUT2D eigenvalue weighted by Gasteiger charge is -2.22. The molecule has 0 aromatic carbocycles. The first kappa shape index (κ1) is 17.4. The van der Waals surface area contributed by atoms with E-state index in [1.807, 2.05) is 0 Å². The summed E-state index contributed by atoms with van der Waals surface area (Å²) in [5, 5.41) is 10.8. The van der Waals surface area contributed by atoms with Crippen LogP contribution < -0.4 is 10.6 Å². The molecular formula is C17H29N5O2. The minimum Gasteiger partial charge on any atom is -0.366 e. The summed E-state index contributed by atoms with van der Waals surface area (Å²) in [6.07, 6.45) is 0.732. The van der Waals surface area contributed by atoms with Crippen LogP contribution >= 0.6 is 0 Å². The van der Waals surface area contributed by atoms with E-state index >= 15 is 0 Å². The average Bonchev–Trinajstić information content (AvgIpc) is 2.85. The lowest BCUT2D eigenvalue weighted by Crippen LogP contribution is -2.47. The minimum absolute atomic E-state index is 0.0631. The summed E-state index contributed by atoms with van der Waals surface area (Å²) in [6.45, 7) is 11.1. The maximum Gasteiger partial charge on any atom is 0.250 e. The summed E-state index contributed by atoms with van der Waals surface area (Å²) < 4.78 is 7.57. The fourth-order valence-electron chi connectivity index (χ4n) is 3.37. The van der Waals surface area contributed by atoms with Gasteiger partial charge in [-0.2, -0.15) is 5.10 Å². The van der Waals surface area contributed by atoms with Gasteiger partial charge >= 0.3 is 0 Å². The third-order valence-electron chi connectivity index (χ3n) is 4.43. The highest BCUT2D eigenvalue weighted by Gasteiger charge is 2.22. The van der Waals surface area contributed by atoms with Crippen LogP contribution in [0.3, 0.4) is 0 Å². The first-order valence-electron chi connectivity index (χ1n) is 9.00. The number of ether oxygens (including phenoxy) is 1. The van der Waals surface area contributed by atoms with Crippen LogP contribution in [0.15, 0.2) is 6.07 Å². The Kier molecular flexibility index (Phi) is 5.86. The average molecular weight is 335 g/mol. The number of carbonyl (C=O) groups excluding carboxylic acids is 1. The van der Waals surface area contributed by atoms with E-state index < -0.39 is 0 Å². The van der Waals surface area contributed by atoms with Gasteiger partial charge in [-0.15, -0.1) is 0 Å². The van der Waals surface area contributed by atoms with Crippen molar-refractivity contribution in [2.24, 2.45) is 5.92 Å². The molecule has 1 amide bonds. The third-order valence-corrected chi connectivity index (χ3v) is 4.43. The zero-order valence-corrected chi connectivity index (χ0v) is 14.8. The van der Waals surface area contributed by atoms with Crippen molar-refractivity contribution in [2.45, 2.75) is 46.0 Å². The molecule has 7 nitrogen and oxygen atoms in total. The molecule has 2 aliphatic rings. The Labute approximate surface area is 143 Å². The van der Waals surface area contributed by atoms with Crippen LogP contribution in [-0.4, -0.2) is 59.5 Å². The van der Waals surface area contributed by atoms with Gasteiger partial charge in [0.25, 0.3) is 5.91 Å². The second kappa shape index (κ2) is 8.09. The highest BCUT2D eigenvalue weighted by atomic mass is 16.5. The number of nitrogens with zero attached hydrogens (tertiary/aromatic N) is 3. The second-order valence-electron chi connectivity index (χ2n) is 7.11. The molecule has 1 saturated heterocycles. The summed E-state index contributed by atoms with van der Waals surface area (Å²) in [5.41, 5.74) is 2.17. The fourth-order valence-corrected chi connectivity index (χ4v) is 3.37. The molecule has 1 aromatic heterocycles. The van der Waals surface area contributed by atoms with Gasteiger partial charge in [0, 0.05) is 39.3 Å². The summed E-state index contributed by atoms with van der Waals surface area (Å²) in [6, 6.07) is 2.12. The number of morpholine rings is 1. The van der Waals surface area contributed by atoms with Crippen LogP contribution in [-0.2, 0) is 29.2 Å². The van der Waals surface area contributed by atoms with Gasteiger partial charge < -0.3 is 15.4 Å². The van der Waals surface area contributed by atoms with E-state index in [4.69, 9.17) is 4.74 Å². The second-order valence-corrected chi connectivity index (χ2v) is 7.11. The molecular weight excluding hydrogens is 306 g/mol. The Morgan fingerprint density at radius 2 is 2.38 bits per heavy atom. The van der Waals surface area contributed by atoms with Crippen LogP contribution in [0.5, 0.6) is 0 Å². The standard InChI is InChI=1S/C17H29N5O2/c1-13(2)11-21-5-3-6-22-15(12-21)8-14(20-22)9-19-17(23)16-10-18-4-7-24-16/h8,13,16,18H,3-7,9-12H2,1-2H3,(H,19,23). The van der Waals surface area contributed by atoms with Gasteiger partial charge in [-0.25, -0.2) is 0 Å². The quantitative estimate of drug-likeness (QED) is 0.812. The van der Waals surface area contributed by atoms with Gasteiger partial charge in [0.15, 0.2) is 0 Å². The first-order chi connectivity index (χ1) is 11.6. The summed E-state index contributed by atoms with van der Waals surface area (Å²) in [4.78, 5) is 14.6. The number of carbonyl (C=O) groups is 1. The van der Waals surface area contributed by atoms with Crippen LogP contribution in [0, 0.1) is 5.92 Å². The zero-order chi connectivity index (χ0) is 16.9. The molecule has 2 aliphatic heterocycles. The Morgan fingerprint density at radius 1 is 1.50 bits per heavy atom. The molecule has 1 atom stereocenters. The zero-order valence-electron chi connectivity index (χ0n) is 14.8. The van der Waals surface area contributed by atoms with Crippen LogP contribution in [0.1, 0.15) is 31.7 Å². The number of amides is 1. The monoisotopic (exact) mass is 335 g/mol. The molecule has 0 saturated carbocycles. The largest absolute Gasteiger partial charge is 0.366 e. The van der Waals surface area contributed by atoms with E-state index in [9.17, 15) is 4.79 Å². The molecule has 1 aromatic rings. The van der Waals surface area contributed by atoms with Crippen molar-refractivity contribution < 1.29 is 9.53 Å². The van der Waals surface area contributed by atoms with E-state index in [-0.39, 0.29) is 12.0 Å². The third kappa shape index (κ3) is 4.55. The molecule has 134 valence electrons. The molecule has 0 radical (unpaired) electrons. The highest BCUT2D eigenvalue weighted by molar-refractivity contribution is 5.81. The molecule has 1 unspecified atom stereocenters. The van der Waals surface area contributed by atoms with Crippen LogP contribution in [0.4, 0.5) is 0 Å². The molecule has 24 heavy (non-hydrogen) atoms. The molecule has 3 heterocycles. The summed E-state index contributed by atoms with van der Waals surface area (Å²) in [5.74, 6) is 0.606. The fraction of sp³-hybridized carbons (Fsp3) is 0.765. The smallest absolute Gasteiger partial charge is 0.250 e. The highest BCUT2D eigenvalue weighted by Crippen LogP contribution is 2.15. The number of fused-ring (bicyclic) bond motifs is 1.